The maximum Gasteiger partial charge on any atom is 0.220 e. The van der Waals surface area contributed by atoms with Crippen LogP contribution in [0.5, 0.6) is 0 Å². The lowest BCUT2D eigenvalue weighted by molar-refractivity contribution is -0.109. The van der Waals surface area contributed by atoms with Gasteiger partial charge in [0.05, 0.1) is 12.3 Å². The number of aryl methyl sites for hydroxylation is 1. The molecule has 5 rings (SSSR count). The van der Waals surface area contributed by atoms with Crippen molar-refractivity contribution in [3.63, 3.8) is 0 Å². The molecule has 0 aliphatic carbocycles. The van der Waals surface area contributed by atoms with Gasteiger partial charge in [-0.1, -0.05) is 30.3 Å². The average Bonchev–Trinajstić information content (AvgIpc) is 3.24. The Balaban J connectivity index is 1.32. The van der Waals surface area contributed by atoms with Crippen LogP contribution in [0.4, 0.5) is 0 Å². The monoisotopic (exact) mass is 402 g/mol. The second-order valence-electron chi connectivity index (χ2n) is 8.33. The summed E-state index contributed by atoms with van der Waals surface area (Å²) in [4.78, 5) is 2.33. The molecule has 150 valence electrons. The molecule has 2 aromatic rings. The van der Waals surface area contributed by atoms with E-state index in [1.807, 2.05) is 49.8 Å². The highest BCUT2D eigenvalue weighted by Crippen LogP contribution is 2.46. The Bertz CT molecular complexity index is 961. The van der Waals surface area contributed by atoms with Crippen molar-refractivity contribution in [3.05, 3.63) is 53.9 Å². The molecule has 4 heterocycles. The summed E-state index contributed by atoms with van der Waals surface area (Å²) in [7, 11) is -1.41. The Morgan fingerprint density at radius 1 is 1.21 bits per heavy atom. The Morgan fingerprint density at radius 2 is 2.04 bits per heavy atom. The smallest absolute Gasteiger partial charge is 0.220 e. The molecule has 2 bridgehead atoms. The molecule has 1 aromatic heterocycles. The average molecular weight is 403 g/mol. The quantitative estimate of drug-likeness (QED) is 0.747. The number of hydrogen-bond acceptors (Lipinski definition) is 5. The van der Waals surface area contributed by atoms with Crippen molar-refractivity contribution in [1.82, 2.24) is 19.0 Å². The molecule has 8 heteroatoms. The molecular weight excluding hydrogens is 376 g/mol. The third-order valence-corrected chi connectivity index (χ3v) is 8.61. The first-order valence-corrected chi connectivity index (χ1v) is 11.4. The van der Waals surface area contributed by atoms with Gasteiger partial charge in [-0.2, -0.15) is 9.40 Å². The molecule has 1 aromatic carbocycles. The van der Waals surface area contributed by atoms with Crippen LogP contribution in [0.1, 0.15) is 17.5 Å². The van der Waals surface area contributed by atoms with Crippen LogP contribution in [-0.2, 0) is 34.8 Å². The van der Waals surface area contributed by atoms with Gasteiger partial charge in [-0.15, -0.1) is 0 Å². The van der Waals surface area contributed by atoms with Gasteiger partial charge in [-0.25, -0.2) is 8.42 Å². The number of fused-ring (bicyclic) bond motifs is 1. The summed E-state index contributed by atoms with van der Waals surface area (Å²) < 4.78 is 36.2. The molecular formula is C20H26N4O3S. The minimum absolute atomic E-state index is 0.00136. The summed E-state index contributed by atoms with van der Waals surface area (Å²) >= 11 is 0. The predicted molar refractivity (Wildman–Crippen MR) is 105 cm³/mol. The highest BCUT2D eigenvalue weighted by Gasteiger charge is 2.64. The number of sulfonamides is 1. The number of benzene rings is 1. The number of aromatic nitrogens is 2. The Labute approximate surface area is 165 Å². The van der Waals surface area contributed by atoms with E-state index >= 15 is 0 Å². The first kappa shape index (κ1) is 18.3. The van der Waals surface area contributed by atoms with Crippen LogP contribution in [0.25, 0.3) is 0 Å². The van der Waals surface area contributed by atoms with Crippen LogP contribution in [0.2, 0.25) is 0 Å². The van der Waals surface area contributed by atoms with E-state index < -0.39 is 20.9 Å². The van der Waals surface area contributed by atoms with E-state index in [4.69, 9.17) is 4.74 Å². The fourth-order valence-electron chi connectivity index (χ4n) is 5.08. The molecule has 3 aliphatic rings. The van der Waals surface area contributed by atoms with Gasteiger partial charge in [0, 0.05) is 51.5 Å². The maximum absolute atomic E-state index is 13.2. The second kappa shape index (κ2) is 6.66. The zero-order valence-electron chi connectivity index (χ0n) is 16.1. The van der Waals surface area contributed by atoms with Crippen molar-refractivity contribution in [2.45, 2.75) is 36.3 Å². The summed E-state index contributed by atoms with van der Waals surface area (Å²) in [5.41, 5.74) is 1.71. The number of hydrogen-bond donors (Lipinski definition) is 0. The minimum Gasteiger partial charge on any atom is -0.366 e. The molecule has 3 aliphatic heterocycles. The van der Waals surface area contributed by atoms with Gasteiger partial charge >= 0.3 is 0 Å². The Morgan fingerprint density at radius 3 is 2.79 bits per heavy atom. The molecule has 28 heavy (non-hydrogen) atoms. The summed E-state index contributed by atoms with van der Waals surface area (Å²) in [6.45, 7) is 3.21. The first-order chi connectivity index (χ1) is 13.4. The summed E-state index contributed by atoms with van der Waals surface area (Å²) in [6.07, 6.45) is 5.23. The van der Waals surface area contributed by atoms with Crippen LogP contribution in [0.15, 0.2) is 42.7 Å². The molecule has 0 unspecified atom stereocenters. The number of morpholine rings is 1. The number of rotatable bonds is 5. The number of nitrogens with zero attached hydrogens (tertiary/aromatic N) is 4. The van der Waals surface area contributed by atoms with Gasteiger partial charge in [-0.3, -0.25) is 9.58 Å². The lowest BCUT2D eigenvalue weighted by Gasteiger charge is -2.39. The van der Waals surface area contributed by atoms with Gasteiger partial charge in [-0.05, 0) is 18.4 Å². The summed E-state index contributed by atoms with van der Waals surface area (Å²) in [6, 6.07) is 10.1. The van der Waals surface area contributed by atoms with E-state index in [0.29, 0.717) is 26.1 Å². The van der Waals surface area contributed by atoms with Gasteiger partial charge < -0.3 is 4.74 Å². The highest BCUT2D eigenvalue weighted by molar-refractivity contribution is 7.90. The van der Waals surface area contributed by atoms with E-state index in [-0.39, 0.29) is 6.10 Å². The molecule has 0 amide bonds. The SMILES string of the molecule is Cn1cc(CN2C[C@@H]3C[C@@H]4[C@@](C2)(CN(CCc2ccccc2)S4(=O)=O)O3)cn1. The van der Waals surface area contributed by atoms with Gasteiger partial charge in [0.25, 0.3) is 0 Å². The van der Waals surface area contributed by atoms with E-state index in [9.17, 15) is 8.42 Å². The second-order valence-corrected chi connectivity index (χ2v) is 10.5. The van der Waals surface area contributed by atoms with Crippen LogP contribution in [-0.4, -0.2) is 70.5 Å². The molecule has 3 atom stereocenters. The largest absolute Gasteiger partial charge is 0.366 e. The zero-order valence-corrected chi connectivity index (χ0v) is 16.9. The van der Waals surface area contributed by atoms with E-state index in [2.05, 4.69) is 10.00 Å². The molecule has 0 radical (unpaired) electrons. The fraction of sp³-hybridized carbons (Fsp3) is 0.550. The van der Waals surface area contributed by atoms with Crippen molar-refractivity contribution in [2.24, 2.45) is 7.05 Å². The maximum atomic E-state index is 13.2. The van der Waals surface area contributed by atoms with Gasteiger partial charge in [0.15, 0.2) is 0 Å². The van der Waals surface area contributed by atoms with Crippen molar-refractivity contribution in [2.75, 3.05) is 26.2 Å². The molecule has 0 N–H and O–H groups in total. The van der Waals surface area contributed by atoms with Crippen molar-refractivity contribution < 1.29 is 13.2 Å². The lowest BCUT2D eigenvalue weighted by Crippen LogP contribution is -2.54. The molecule has 1 spiro atoms. The lowest BCUT2D eigenvalue weighted by atomic mass is 9.99. The van der Waals surface area contributed by atoms with Crippen molar-refractivity contribution in [1.29, 1.82) is 0 Å². The van der Waals surface area contributed by atoms with Gasteiger partial charge in [0.1, 0.15) is 10.9 Å². The predicted octanol–water partition coefficient (Wildman–Crippen LogP) is 1.02. The third kappa shape index (κ3) is 3.08. The van der Waals surface area contributed by atoms with Crippen molar-refractivity contribution >= 4 is 10.0 Å². The zero-order chi connectivity index (χ0) is 19.4. The normalized spacial score (nSPS) is 31.9. The standard InChI is InChI=1S/C20H26N4O3S/c1-22-11-17(10-21-22)12-23-13-18-9-19-20(14-23,27-18)15-24(28(19,25)26)8-7-16-5-3-2-4-6-16/h2-6,10-11,18-19H,7-9,12-15H2,1H3/t18-,19+,20+/m0/s1. The Kier molecular flexibility index (Phi) is 4.35. The topological polar surface area (TPSA) is 67.7 Å². The fourth-order valence-corrected chi connectivity index (χ4v) is 7.39. The molecule has 0 saturated carbocycles. The van der Waals surface area contributed by atoms with Crippen LogP contribution < -0.4 is 0 Å². The van der Waals surface area contributed by atoms with Crippen molar-refractivity contribution in [3.8, 4) is 0 Å². The molecule has 7 nitrogen and oxygen atoms in total. The third-order valence-electron chi connectivity index (χ3n) is 6.24. The number of likely N-dealkylation sites (tertiary alicyclic amines) is 1. The van der Waals surface area contributed by atoms with Gasteiger partial charge in [0.2, 0.25) is 10.0 Å². The van der Waals surface area contributed by atoms with Crippen LogP contribution >= 0.6 is 0 Å². The summed E-state index contributed by atoms with van der Waals surface area (Å²) in [5, 5.41) is 3.83. The minimum atomic E-state index is -3.33. The van der Waals surface area contributed by atoms with Crippen LogP contribution in [0.3, 0.4) is 0 Å². The Hall–Kier alpha value is -1.74. The van der Waals surface area contributed by atoms with E-state index in [1.54, 1.807) is 8.99 Å². The highest BCUT2D eigenvalue weighted by atomic mass is 32.2. The molecule has 3 saturated heterocycles. The first-order valence-electron chi connectivity index (χ1n) is 9.85. The molecule has 3 fully saturated rings. The number of ether oxygens (including phenoxy) is 1. The van der Waals surface area contributed by atoms with E-state index in [1.165, 1.54) is 0 Å². The van der Waals surface area contributed by atoms with E-state index in [0.717, 1.165) is 30.6 Å². The van der Waals surface area contributed by atoms with Crippen LogP contribution in [0, 0.1) is 0 Å². The summed E-state index contributed by atoms with van der Waals surface area (Å²) in [5.74, 6) is 0.